The van der Waals surface area contributed by atoms with E-state index in [1.165, 1.54) is 25.7 Å². The van der Waals surface area contributed by atoms with E-state index >= 15 is 0 Å². The van der Waals surface area contributed by atoms with Crippen LogP contribution in [0.25, 0.3) is 0 Å². The lowest BCUT2D eigenvalue weighted by molar-refractivity contribution is -0.127. The van der Waals surface area contributed by atoms with Crippen LogP contribution in [0.2, 0.25) is 0 Å². The van der Waals surface area contributed by atoms with Crippen molar-refractivity contribution >= 4 is 5.91 Å². The first kappa shape index (κ1) is 15.4. The van der Waals surface area contributed by atoms with Gasteiger partial charge in [-0.3, -0.25) is 4.79 Å². The predicted molar refractivity (Wildman–Crippen MR) is 67.5 cm³/mol. The molecule has 0 bridgehead atoms. The van der Waals surface area contributed by atoms with E-state index in [0.29, 0.717) is 0 Å². The maximum Gasteiger partial charge on any atom is 0.246 e. The molecular formula is C13H27NO2. The van der Waals surface area contributed by atoms with Crippen LogP contribution in [0.5, 0.6) is 0 Å². The van der Waals surface area contributed by atoms with E-state index in [9.17, 15) is 4.79 Å². The molecule has 0 aliphatic carbocycles. The largest absolute Gasteiger partial charge is 0.369 e. The first-order valence-corrected chi connectivity index (χ1v) is 6.47. The third-order valence-electron chi connectivity index (χ3n) is 2.45. The molecule has 0 aliphatic heterocycles. The van der Waals surface area contributed by atoms with E-state index in [-0.39, 0.29) is 24.7 Å². The zero-order valence-corrected chi connectivity index (χ0v) is 11.2. The highest BCUT2D eigenvalue weighted by atomic mass is 16.5. The zero-order valence-electron chi connectivity index (χ0n) is 11.2. The lowest BCUT2D eigenvalue weighted by Crippen LogP contribution is -2.35. The second-order valence-electron chi connectivity index (χ2n) is 4.68. The third-order valence-corrected chi connectivity index (χ3v) is 2.45. The molecule has 0 saturated heterocycles. The van der Waals surface area contributed by atoms with Crippen LogP contribution in [0.1, 0.15) is 59.8 Å². The average molecular weight is 229 g/mol. The molecule has 1 atom stereocenters. The standard InChI is InChI=1S/C13H27NO2/c1-5-6-7-8-9-12(4)14-13(15)10-16-11(2)3/h11-12H,5-10H2,1-4H3,(H,14,15). The van der Waals surface area contributed by atoms with Crippen molar-refractivity contribution < 1.29 is 9.53 Å². The molecule has 0 aromatic heterocycles. The molecule has 1 N–H and O–H groups in total. The molecule has 0 aromatic carbocycles. The van der Waals surface area contributed by atoms with Gasteiger partial charge in [-0.2, -0.15) is 0 Å². The fourth-order valence-electron chi connectivity index (χ4n) is 1.51. The predicted octanol–water partition coefficient (Wildman–Crippen LogP) is 2.89. The molecule has 1 amide bonds. The monoisotopic (exact) mass is 229 g/mol. The summed E-state index contributed by atoms with van der Waals surface area (Å²) in [6.07, 6.45) is 6.18. The van der Waals surface area contributed by atoms with Crippen molar-refractivity contribution in [2.24, 2.45) is 0 Å². The number of carbonyl (C=O) groups excluding carboxylic acids is 1. The van der Waals surface area contributed by atoms with Crippen LogP contribution in [0.3, 0.4) is 0 Å². The van der Waals surface area contributed by atoms with E-state index < -0.39 is 0 Å². The van der Waals surface area contributed by atoms with Gasteiger partial charge in [0.15, 0.2) is 0 Å². The van der Waals surface area contributed by atoms with E-state index in [1.54, 1.807) is 0 Å². The third kappa shape index (κ3) is 9.97. The molecule has 0 aliphatic rings. The van der Waals surface area contributed by atoms with Gasteiger partial charge in [0.05, 0.1) is 6.10 Å². The lowest BCUT2D eigenvalue weighted by atomic mass is 10.1. The normalized spacial score (nSPS) is 12.8. The summed E-state index contributed by atoms with van der Waals surface area (Å²) < 4.78 is 5.24. The maximum atomic E-state index is 11.4. The van der Waals surface area contributed by atoms with Crippen molar-refractivity contribution in [2.75, 3.05) is 6.61 Å². The number of hydrogen-bond donors (Lipinski definition) is 1. The minimum absolute atomic E-state index is 0.00306. The molecule has 3 heteroatoms. The van der Waals surface area contributed by atoms with Crippen molar-refractivity contribution in [1.29, 1.82) is 0 Å². The van der Waals surface area contributed by atoms with Crippen LogP contribution >= 0.6 is 0 Å². The lowest BCUT2D eigenvalue weighted by Gasteiger charge is -2.14. The Balaban J connectivity index is 3.46. The Bertz CT molecular complexity index is 181. The van der Waals surface area contributed by atoms with Gasteiger partial charge in [-0.1, -0.05) is 32.6 Å². The summed E-state index contributed by atoms with van der Waals surface area (Å²) in [7, 11) is 0. The maximum absolute atomic E-state index is 11.4. The van der Waals surface area contributed by atoms with Gasteiger partial charge >= 0.3 is 0 Å². The molecular weight excluding hydrogens is 202 g/mol. The molecule has 0 aromatic rings. The number of nitrogens with one attached hydrogen (secondary N) is 1. The van der Waals surface area contributed by atoms with Crippen molar-refractivity contribution in [2.45, 2.75) is 71.9 Å². The number of ether oxygens (including phenoxy) is 1. The second-order valence-corrected chi connectivity index (χ2v) is 4.68. The molecule has 0 saturated carbocycles. The summed E-state index contributed by atoms with van der Waals surface area (Å²) in [5, 5.41) is 2.95. The Labute approximate surface area is 99.9 Å². The van der Waals surface area contributed by atoms with Crippen molar-refractivity contribution in [3.8, 4) is 0 Å². The molecule has 0 heterocycles. The SMILES string of the molecule is CCCCCCC(C)NC(=O)COC(C)C. The van der Waals surface area contributed by atoms with Crippen molar-refractivity contribution in [3.63, 3.8) is 0 Å². The number of unbranched alkanes of at least 4 members (excludes halogenated alkanes) is 3. The fraction of sp³-hybridized carbons (Fsp3) is 0.923. The molecule has 0 radical (unpaired) electrons. The average Bonchev–Trinajstić information content (AvgIpc) is 2.21. The van der Waals surface area contributed by atoms with E-state index in [4.69, 9.17) is 4.74 Å². The molecule has 0 fully saturated rings. The van der Waals surface area contributed by atoms with Gasteiger partial charge < -0.3 is 10.1 Å². The van der Waals surface area contributed by atoms with Crippen LogP contribution in [-0.2, 0) is 9.53 Å². The van der Waals surface area contributed by atoms with Gasteiger partial charge in [0.2, 0.25) is 5.91 Å². The smallest absolute Gasteiger partial charge is 0.246 e. The zero-order chi connectivity index (χ0) is 12.4. The van der Waals surface area contributed by atoms with Gasteiger partial charge in [-0.15, -0.1) is 0 Å². The van der Waals surface area contributed by atoms with Crippen molar-refractivity contribution in [1.82, 2.24) is 5.32 Å². The minimum atomic E-state index is -0.00306. The molecule has 3 nitrogen and oxygen atoms in total. The van der Waals surface area contributed by atoms with Crippen LogP contribution < -0.4 is 5.32 Å². The van der Waals surface area contributed by atoms with E-state index in [2.05, 4.69) is 19.2 Å². The number of hydrogen-bond acceptors (Lipinski definition) is 2. The summed E-state index contributed by atoms with van der Waals surface area (Å²) >= 11 is 0. The Morgan fingerprint density at radius 1 is 1.19 bits per heavy atom. The first-order chi connectivity index (χ1) is 7.56. The number of amides is 1. The van der Waals surface area contributed by atoms with Crippen LogP contribution in [0.4, 0.5) is 0 Å². The van der Waals surface area contributed by atoms with Crippen LogP contribution in [-0.4, -0.2) is 24.7 Å². The second kappa shape index (κ2) is 9.64. The van der Waals surface area contributed by atoms with E-state index in [1.807, 2.05) is 13.8 Å². The highest BCUT2D eigenvalue weighted by molar-refractivity contribution is 5.77. The van der Waals surface area contributed by atoms with Crippen LogP contribution in [0, 0.1) is 0 Å². The molecule has 0 spiro atoms. The first-order valence-electron chi connectivity index (χ1n) is 6.47. The fourth-order valence-corrected chi connectivity index (χ4v) is 1.51. The number of rotatable bonds is 9. The Kier molecular flexibility index (Phi) is 9.30. The van der Waals surface area contributed by atoms with Crippen molar-refractivity contribution in [3.05, 3.63) is 0 Å². The van der Waals surface area contributed by atoms with Gasteiger partial charge in [-0.05, 0) is 27.2 Å². The summed E-state index contributed by atoms with van der Waals surface area (Å²) in [5.41, 5.74) is 0. The summed E-state index contributed by atoms with van der Waals surface area (Å²) in [4.78, 5) is 11.4. The Morgan fingerprint density at radius 3 is 2.44 bits per heavy atom. The van der Waals surface area contributed by atoms with Crippen LogP contribution in [0.15, 0.2) is 0 Å². The van der Waals surface area contributed by atoms with Gasteiger partial charge in [0.1, 0.15) is 6.61 Å². The minimum Gasteiger partial charge on any atom is -0.369 e. The highest BCUT2D eigenvalue weighted by Crippen LogP contribution is 2.05. The number of carbonyl (C=O) groups is 1. The molecule has 16 heavy (non-hydrogen) atoms. The molecule has 1 unspecified atom stereocenters. The van der Waals surface area contributed by atoms with Gasteiger partial charge in [-0.25, -0.2) is 0 Å². The van der Waals surface area contributed by atoms with Gasteiger partial charge in [0, 0.05) is 6.04 Å². The summed E-state index contributed by atoms with van der Waals surface area (Å²) in [6, 6.07) is 0.264. The highest BCUT2D eigenvalue weighted by Gasteiger charge is 2.07. The van der Waals surface area contributed by atoms with E-state index in [0.717, 1.165) is 6.42 Å². The molecule has 0 rings (SSSR count). The Hall–Kier alpha value is -0.570. The summed E-state index contributed by atoms with van der Waals surface area (Å²) in [6.45, 7) is 8.30. The van der Waals surface area contributed by atoms with Gasteiger partial charge in [0.25, 0.3) is 0 Å². The Morgan fingerprint density at radius 2 is 1.88 bits per heavy atom. The molecule has 96 valence electrons. The quantitative estimate of drug-likeness (QED) is 0.617. The summed E-state index contributed by atoms with van der Waals surface area (Å²) in [5.74, 6) is -0.00306. The topological polar surface area (TPSA) is 38.3 Å².